The molecule has 1 aliphatic rings. The molecule has 1 aliphatic heterocycles. The molecule has 184 valence electrons. The Balaban J connectivity index is 1.61. The summed E-state index contributed by atoms with van der Waals surface area (Å²) in [6.07, 6.45) is -1.96. The van der Waals surface area contributed by atoms with Crippen molar-refractivity contribution < 1.29 is 23.8 Å². The predicted octanol–water partition coefficient (Wildman–Crippen LogP) is 4.20. The number of hydrogen-bond donors (Lipinski definition) is 1. The highest BCUT2D eigenvalue weighted by Gasteiger charge is 2.51. The lowest BCUT2D eigenvalue weighted by atomic mass is 10.1. The summed E-state index contributed by atoms with van der Waals surface area (Å²) in [7, 11) is -2.78. The zero-order chi connectivity index (χ0) is 25.1. The summed E-state index contributed by atoms with van der Waals surface area (Å²) < 4.78 is 18.5. The van der Waals surface area contributed by atoms with Gasteiger partial charge in [0, 0.05) is 6.42 Å². The quantitative estimate of drug-likeness (QED) is 0.397. The van der Waals surface area contributed by atoms with E-state index < -0.39 is 32.8 Å². The van der Waals surface area contributed by atoms with Gasteiger partial charge in [-0.2, -0.15) is 0 Å². The third-order valence-corrected chi connectivity index (χ3v) is 11.6. The Morgan fingerprint density at radius 2 is 1.49 bits per heavy atom. The van der Waals surface area contributed by atoms with Crippen molar-refractivity contribution in [1.82, 2.24) is 0 Å². The normalized spacial score (nSPS) is 20.5. The minimum absolute atomic E-state index is 0.193. The van der Waals surface area contributed by atoms with E-state index in [1.165, 1.54) is 0 Å². The number of aliphatic hydroxyl groups is 1. The average molecular weight is 491 g/mol. The molecule has 3 aromatic carbocycles. The summed E-state index contributed by atoms with van der Waals surface area (Å²) in [6.45, 7) is 8.79. The molecule has 3 atom stereocenters. The van der Waals surface area contributed by atoms with Crippen molar-refractivity contribution in [2.45, 2.75) is 57.7 Å². The van der Waals surface area contributed by atoms with Gasteiger partial charge in [-0.3, -0.25) is 0 Å². The van der Waals surface area contributed by atoms with Crippen LogP contribution in [0.4, 0.5) is 0 Å². The first-order valence-electron chi connectivity index (χ1n) is 12.1. The molecule has 1 saturated heterocycles. The van der Waals surface area contributed by atoms with Crippen LogP contribution in [0.25, 0.3) is 0 Å². The number of rotatable bonds is 7. The summed E-state index contributed by atoms with van der Waals surface area (Å²) in [5.74, 6) is -0.428. The van der Waals surface area contributed by atoms with Crippen molar-refractivity contribution >= 4 is 24.7 Å². The molecule has 4 rings (SSSR count). The topological polar surface area (TPSA) is 65.0 Å². The maximum atomic E-state index is 12.8. The van der Waals surface area contributed by atoms with Gasteiger partial charge in [0.1, 0.15) is 12.2 Å². The molecule has 35 heavy (non-hydrogen) atoms. The highest BCUT2D eigenvalue weighted by atomic mass is 28.4. The van der Waals surface area contributed by atoms with E-state index in [1.807, 2.05) is 55.5 Å². The van der Waals surface area contributed by atoms with E-state index >= 15 is 0 Å². The van der Waals surface area contributed by atoms with E-state index in [2.05, 4.69) is 45.0 Å². The SMILES string of the molecule is Cc1ccc(C(=O)O[C@H]2C[C@@H](O)O[C@@H]2CO[Si](c2ccccc2)(c2ccccc2)C(C)(C)C)cc1. The number of carbonyl (C=O) groups is 1. The van der Waals surface area contributed by atoms with E-state index in [0.29, 0.717) is 5.56 Å². The number of aliphatic hydroxyl groups excluding tert-OH is 1. The molecule has 5 nitrogen and oxygen atoms in total. The van der Waals surface area contributed by atoms with Crippen LogP contribution in [0.15, 0.2) is 84.9 Å². The van der Waals surface area contributed by atoms with E-state index in [-0.39, 0.29) is 18.1 Å². The van der Waals surface area contributed by atoms with Crippen LogP contribution in [0, 0.1) is 6.92 Å². The molecule has 0 radical (unpaired) electrons. The Morgan fingerprint density at radius 3 is 2.00 bits per heavy atom. The van der Waals surface area contributed by atoms with Gasteiger partial charge in [0.25, 0.3) is 8.32 Å². The van der Waals surface area contributed by atoms with E-state index in [9.17, 15) is 9.90 Å². The second-order valence-corrected chi connectivity index (χ2v) is 14.5. The minimum atomic E-state index is -2.78. The third-order valence-electron chi connectivity index (χ3n) is 6.61. The monoisotopic (exact) mass is 490 g/mol. The Kier molecular flexibility index (Phi) is 7.57. The van der Waals surface area contributed by atoms with Crippen molar-refractivity contribution in [3.05, 3.63) is 96.1 Å². The highest BCUT2D eigenvalue weighted by Crippen LogP contribution is 2.37. The second-order valence-electron chi connectivity index (χ2n) is 10.1. The number of ether oxygens (including phenoxy) is 2. The van der Waals surface area contributed by atoms with Gasteiger partial charge in [0.2, 0.25) is 0 Å². The van der Waals surface area contributed by atoms with Crippen molar-refractivity contribution in [2.75, 3.05) is 6.61 Å². The number of esters is 1. The van der Waals surface area contributed by atoms with Gasteiger partial charge in [0.15, 0.2) is 6.29 Å². The molecule has 0 amide bonds. The number of benzene rings is 3. The zero-order valence-electron chi connectivity index (χ0n) is 20.8. The summed E-state index contributed by atoms with van der Waals surface area (Å²) in [5.41, 5.74) is 1.54. The first-order valence-corrected chi connectivity index (χ1v) is 14.0. The molecule has 0 spiro atoms. The van der Waals surface area contributed by atoms with Crippen LogP contribution in [0.3, 0.4) is 0 Å². The molecule has 0 aromatic heterocycles. The van der Waals surface area contributed by atoms with Crippen molar-refractivity contribution in [3.8, 4) is 0 Å². The Morgan fingerprint density at radius 1 is 0.943 bits per heavy atom. The van der Waals surface area contributed by atoms with Crippen molar-refractivity contribution in [1.29, 1.82) is 0 Å². The molecule has 1 fully saturated rings. The largest absolute Gasteiger partial charge is 0.456 e. The van der Waals surface area contributed by atoms with Gasteiger partial charge >= 0.3 is 5.97 Å². The first-order chi connectivity index (χ1) is 16.7. The Labute approximate surface area is 208 Å². The standard InChI is InChI=1S/C29H34O5Si/c1-21-15-17-22(18-16-21)28(31)34-25-19-27(30)33-26(25)20-32-35(29(2,3)4,23-11-7-5-8-12-23)24-13-9-6-10-14-24/h5-18,25-27,30H,19-20H2,1-4H3/t25-,26+,27-/m0/s1. The van der Waals surface area contributed by atoms with Gasteiger partial charge in [0.05, 0.1) is 12.2 Å². The summed E-state index contributed by atoms with van der Waals surface area (Å²) in [6, 6.07) is 27.9. The molecular weight excluding hydrogens is 456 g/mol. The van der Waals surface area contributed by atoms with Crippen LogP contribution >= 0.6 is 0 Å². The van der Waals surface area contributed by atoms with Gasteiger partial charge in [-0.15, -0.1) is 0 Å². The molecule has 0 aliphatic carbocycles. The lowest BCUT2D eigenvalue weighted by Gasteiger charge is -2.43. The Bertz CT molecular complexity index is 1070. The second kappa shape index (κ2) is 10.5. The molecule has 6 heteroatoms. The third kappa shape index (κ3) is 5.41. The molecule has 3 aromatic rings. The van der Waals surface area contributed by atoms with Crippen LogP contribution in [0.2, 0.25) is 5.04 Å². The fourth-order valence-corrected chi connectivity index (χ4v) is 9.40. The van der Waals surface area contributed by atoms with Gasteiger partial charge in [-0.1, -0.05) is 99.1 Å². The molecule has 1 heterocycles. The number of hydrogen-bond acceptors (Lipinski definition) is 5. The molecular formula is C29H34O5Si. The maximum Gasteiger partial charge on any atom is 0.338 e. The van der Waals surface area contributed by atoms with Crippen LogP contribution in [0.1, 0.15) is 43.1 Å². The van der Waals surface area contributed by atoms with Gasteiger partial charge in [-0.25, -0.2) is 4.79 Å². The summed E-state index contributed by atoms with van der Waals surface area (Å²) in [5, 5.41) is 12.4. The fraction of sp³-hybridized carbons (Fsp3) is 0.345. The molecule has 1 N–H and O–H groups in total. The smallest absolute Gasteiger partial charge is 0.338 e. The lowest BCUT2D eigenvalue weighted by Crippen LogP contribution is -2.67. The van der Waals surface area contributed by atoms with Crippen LogP contribution < -0.4 is 10.4 Å². The predicted molar refractivity (Wildman–Crippen MR) is 139 cm³/mol. The number of carbonyl (C=O) groups excluding carboxylic acids is 1. The van der Waals surface area contributed by atoms with Crippen LogP contribution in [0.5, 0.6) is 0 Å². The minimum Gasteiger partial charge on any atom is -0.456 e. The first kappa shape index (κ1) is 25.3. The lowest BCUT2D eigenvalue weighted by molar-refractivity contribution is -0.106. The molecule has 0 saturated carbocycles. The van der Waals surface area contributed by atoms with Gasteiger partial charge < -0.3 is 19.0 Å². The van der Waals surface area contributed by atoms with E-state index in [0.717, 1.165) is 15.9 Å². The molecule has 0 unspecified atom stereocenters. The van der Waals surface area contributed by atoms with Gasteiger partial charge in [-0.05, 0) is 34.5 Å². The summed E-state index contributed by atoms with van der Waals surface area (Å²) >= 11 is 0. The van der Waals surface area contributed by atoms with Crippen LogP contribution in [-0.4, -0.2) is 44.5 Å². The molecule has 0 bridgehead atoms. The van der Waals surface area contributed by atoms with E-state index in [1.54, 1.807) is 12.1 Å². The average Bonchev–Trinajstić information content (AvgIpc) is 3.19. The highest BCUT2D eigenvalue weighted by molar-refractivity contribution is 6.99. The number of aryl methyl sites for hydroxylation is 1. The maximum absolute atomic E-state index is 12.8. The summed E-state index contributed by atoms with van der Waals surface area (Å²) in [4.78, 5) is 12.8. The van der Waals surface area contributed by atoms with Crippen molar-refractivity contribution in [3.63, 3.8) is 0 Å². The zero-order valence-corrected chi connectivity index (χ0v) is 21.8. The Hall–Kier alpha value is -2.77. The fourth-order valence-electron chi connectivity index (χ4n) is 4.83. The van der Waals surface area contributed by atoms with E-state index in [4.69, 9.17) is 13.9 Å². The van der Waals surface area contributed by atoms with Crippen LogP contribution in [-0.2, 0) is 13.9 Å². The van der Waals surface area contributed by atoms with Crippen molar-refractivity contribution in [2.24, 2.45) is 0 Å².